The van der Waals surface area contributed by atoms with Crippen molar-refractivity contribution in [2.75, 3.05) is 7.11 Å². The minimum absolute atomic E-state index is 0.0250. The van der Waals surface area contributed by atoms with E-state index in [4.69, 9.17) is 9.47 Å². The Bertz CT molecular complexity index is 642. The molecule has 5 rings (SSSR count). The van der Waals surface area contributed by atoms with Crippen molar-refractivity contribution in [1.82, 2.24) is 0 Å². The fourth-order valence-electron chi connectivity index (χ4n) is 6.10. The van der Waals surface area contributed by atoms with Crippen LogP contribution in [0.5, 0.6) is 5.75 Å². The molecule has 2 saturated carbocycles. The number of benzene rings is 1. The summed E-state index contributed by atoms with van der Waals surface area (Å²) in [7, 11) is 1.74. The van der Waals surface area contributed by atoms with E-state index in [0.717, 1.165) is 25.0 Å². The summed E-state index contributed by atoms with van der Waals surface area (Å²) < 4.78 is 11.6. The molecule has 4 aliphatic rings. The Balaban J connectivity index is 1.56. The molecule has 22 heavy (non-hydrogen) atoms. The summed E-state index contributed by atoms with van der Waals surface area (Å²) in [5.41, 5.74) is 2.90. The zero-order valence-corrected chi connectivity index (χ0v) is 13.3. The van der Waals surface area contributed by atoms with Crippen LogP contribution in [-0.2, 0) is 11.2 Å². The number of ether oxygens (including phenoxy) is 2. The summed E-state index contributed by atoms with van der Waals surface area (Å²) in [5.74, 6) is 2.14. The highest BCUT2D eigenvalue weighted by atomic mass is 16.6. The zero-order chi connectivity index (χ0) is 15.1. The number of epoxide rings is 1. The average Bonchev–Trinajstić information content (AvgIpc) is 3.19. The molecule has 1 heterocycles. The van der Waals surface area contributed by atoms with Gasteiger partial charge in [0.25, 0.3) is 0 Å². The van der Waals surface area contributed by atoms with Gasteiger partial charge in [-0.3, -0.25) is 0 Å². The summed E-state index contributed by atoms with van der Waals surface area (Å²) in [6.45, 7) is 2.27. The smallest absolute Gasteiger partial charge is 0.119 e. The second-order valence-electron chi connectivity index (χ2n) is 7.92. The minimum Gasteiger partial charge on any atom is -0.497 e. The predicted octanol–water partition coefficient (Wildman–Crippen LogP) is 3.04. The predicted molar refractivity (Wildman–Crippen MR) is 83.1 cm³/mol. The molecule has 0 aromatic heterocycles. The molecule has 0 bridgehead atoms. The van der Waals surface area contributed by atoms with Crippen molar-refractivity contribution in [2.24, 2.45) is 11.3 Å². The van der Waals surface area contributed by atoms with E-state index < -0.39 is 0 Å². The Morgan fingerprint density at radius 2 is 2.18 bits per heavy atom. The van der Waals surface area contributed by atoms with Gasteiger partial charge in [0.15, 0.2) is 0 Å². The van der Waals surface area contributed by atoms with Crippen molar-refractivity contribution in [3.05, 3.63) is 29.3 Å². The SMILES string of the molecule is COc1ccc2c(c1)CC[C@@H]1[C@@H]2CC[C@]2(C)[C@H](O)C[C@H]3O[C@]132. The highest BCUT2D eigenvalue weighted by Crippen LogP contribution is 2.72. The Hall–Kier alpha value is -1.06. The van der Waals surface area contributed by atoms with Crippen molar-refractivity contribution in [1.29, 1.82) is 0 Å². The van der Waals surface area contributed by atoms with Crippen molar-refractivity contribution < 1.29 is 14.6 Å². The highest BCUT2D eigenvalue weighted by molar-refractivity contribution is 5.43. The van der Waals surface area contributed by atoms with E-state index >= 15 is 0 Å². The van der Waals surface area contributed by atoms with Crippen LogP contribution in [0.2, 0.25) is 0 Å². The molecular formula is C19H24O3. The zero-order valence-electron chi connectivity index (χ0n) is 13.3. The third-order valence-electron chi connectivity index (χ3n) is 7.31. The van der Waals surface area contributed by atoms with Crippen LogP contribution in [0.25, 0.3) is 0 Å². The summed E-state index contributed by atoms with van der Waals surface area (Å²) >= 11 is 0. The topological polar surface area (TPSA) is 42.0 Å². The molecule has 1 saturated heterocycles. The first-order valence-electron chi connectivity index (χ1n) is 8.63. The lowest BCUT2D eigenvalue weighted by molar-refractivity contribution is -0.0810. The number of aliphatic hydroxyl groups is 1. The van der Waals surface area contributed by atoms with E-state index in [0.29, 0.717) is 17.9 Å². The van der Waals surface area contributed by atoms with Crippen molar-refractivity contribution >= 4 is 0 Å². The molecule has 6 atom stereocenters. The van der Waals surface area contributed by atoms with Gasteiger partial charge in [-0.2, -0.15) is 0 Å². The monoisotopic (exact) mass is 300 g/mol. The average molecular weight is 300 g/mol. The number of rotatable bonds is 1. The van der Waals surface area contributed by atoms with E-state index in [1.54, 1.807) is 7.11 Å². The van der Waals surface area contributed by atoms with Gasteiger partial charge in [0.2, 0.25) is 0 Å². The molecule has 1 N–H and O–H groups in total. The normalized spacial score (nSPS) is 48.0. The van der Waals surface area contributed by atoms with Crippen molar-refractivity contribution in [2.45, 2.75) is 62.8 Å². The Morgan fingerprint density at radius 3 is 3.00 bits per heavy atom. The van der Waals surface area contributed by atoms with Gasteiger partial charge in [0.05, 0.1) is 19.3 Å². The fraction of sp³-hybridized carbons (Fsp3) is 0.684. The van der Waals surface area contributed by atoms with Crippen LogP contribution in [-0.4, -0.2) is 30.0 Å². The lowest BCUT2D eigenvalue weighted by atomic mass is 9.54. The standard InChI is InChI=1S/C19H24O3/c1-18-8-7-14-13-5-4-12(21-2)9-11(13)3-6-15(14)19(18)17(22-19)10-16(18)20/h4-5,9,14-17,20H,3,6-8,10H2,1-2H3/t14-,15-,16-,17-,18-,19-/m1/s1. The summed E-state index contributed by atoms with van der Waals surface area (Å²) in [6, 6.07) is 6.58. The largest absolute Gasteiger partial charge is 0.497 e. The molecule has 0 radical (unpaired) electrons. The van der Waals surface area contributed by atoms with Crippen molar-refractivity contribution in [3.8, 4) is 5.75 Å². The molecule has 3 aliphatic carbocycles. The van der Waals surface area contributed by atoms with Crippen LogP contribution in [0.1, 0.15) is 49.7 Å². The van der Waals surface area contributed by atoms with Gasteiger partial charge in [0.1, 0.15) is 11.4 Å². The molecule has 0 unspecified atom stereocenters. The maximum atomic E-state index is 10.5. The molecule has 3 fully saturated rings. The first-order chi connectivity index (χ1) is 10.6. The second-order valence-corrected chi connectivity index (χ2v) is 7.92. The quantitative estimate of drug-likeness (QED) is 0.811. The molecule has 3 heteroatoms. The Labute approximate surface area is 131 Å². The maximum absolute atomic E-state index is 10.5. The van der Waals surface area contributed by atoms with E-state index in [9.17, 15) is 5.11 Å². The number of aliphatic hydroxyl groups excluding tert-OH is 1. The Morgan fingerprint density at radius 1 is 1.32 bits per heavy atom. The third kappa shape index (κ3) is 1.36. The number of fused-ring (bicyclic) bond motifs is 3. The number of methoxy groups -OCH3 is 1. The number of hydrogen-bond acceptors (Lipinski definition) is 3. The first-order valence-corrected chi connectivity index (χ1v) is 8.63. The summed E-state index contributed by atoms with van der Waals surface area (Å²) in [5, 5.41) is 10.5. The van der Waals surface area contributed by atoms with E-state index in [1.165, 1.54) is 24.0 Å². The van der Waals surface area contributed by atoms with Gasteiger partial charge in [-0.05, 0) is 60.8 Å². The van der Waals surface area contributed by atoms with Crippen LogP contribution < -0.4 is 4.74 Å². The van der Waals surface area contributed by atoms with Crippen molar-refractivity contribution in [3.63, 3.8) is 0 Å². The van der Waals surface area contributed by atoms with E-state index in [2.05, 4.69) is 25.1 Å². The number of hydrogen-bond donors (Lipinski definition) is 1. The molecule has 0 amide bonds. The molecule has 118 valence electrons. The summed E-state index contributed by atoms with van der Waals surface area (Å²) in [6.07, 6.45) is 5.52. The number of aryl methyl sites for hydroxylation is 1. The lowest BCUT2D eigenvalue weighted by Crippen LogP contribution is -2.52. The molecule has 1 spiro atoms. The first kappa shape index (κ1) is 13.4. The molecule has 1 aliphatic heterocycles. The van der Waals surface area contributed by atoms with E-state index in [1.807, 2.05) is 0 Å². The van der Waals surface area contributed by atoms with Gasteiger partial charge in [-0.25, -0.2) is 0 Å². The molecule has 1 aromatic carbocycles. The Kier molecular flexibility index (Phi) is 2.47. The van der Waals surface area contributed by atoms with Crippen LogP contribution in [0.3, 0.4) is 0 Å². The van der Waals surface area contributed by atoms with Gasteiger partial charge in [-0.1, -0.05) is 13.0 Å². The van der Waals surface area contributed by atoms with Crippen LogP contribution in [0, 0.1) is 11.3 Å². The summed E-state index contributed by atoms with van der Waals surface area (Å²) in [4.78, 5) is 0. The van der Waals surface area contributed by atoms with Gasteiger partial charge >= 0.3 is 0 Å². The minimum atomic E-state index is -0.176. The van der Waals surface area contributed by atoms with Crippen LogP contribution in [0.4, 0.5) is 0 Å². The fourth-order valence-corrected chi connectivity index (χ4v) is 6.10. The van der Waals surface area contributed by atoms with Gasteiger partial charge in [0, 0.05) is 11.8 Å². The maximum Gasteiger partial charge on any atom is 0.119 e. The lowest BCUT2D eigenvalue weighted by Gasteiger charge is -2.50. The van der Waals surface area contributed by atoms with E-state index in [-0.39, 0.29) is 17.1 Å². The highest BCUT2D eigenvalue weighted by Gasteiger charge is 2.79. The third-order valence-corrected chi connectivity index (χ3v) is 7.31. The van der Waals surface area contributed by atoms with Gasteiger partial charge < -0.3 is 14.6 Å². The van der Waals surface area contributed by atoms with Crippen LogP contribution >= 0.6 is 0 Å². The molecular weight excluding hydrogens is 276 g/mol. The molecule has 1 aromatic rings. The molecule has 3 nitrogen and oxygen atoms in total. The second kappa shape index (κ2) is 4.07. The van der Waals surface area contributed by atoms with Crippen LogP contribution in [0.15, 0.2) is 18.2 Å². The van der Waals surface area contributed by atoms with Gasteiger partial charge in [-0.15, -0.1) is 0 Å².